The van der Waals surface area contributed by atoms with Crippen LogP contribution in [0.4, 0.5) is 0 Å². The molecule has 2 spiro atoms. The number of hydrogen-bond acceptors (Lipinski definition) is 3. The molecule has 6 bridgehead atoms. The highest BCUT2D eigenvalue weighted by Gasteiger charge is 2.95. The Morgan fingerprint density at radius 3 is 2.95 bits per heavy atom. The summed E-state index contributed by atoms with van der Waals surface area (Å²) in [7, 11) is 0. The number of fused-ring (bicyclic) bond motifs is 1. The summed E-state index contributed by atoms with van der Waals surface area (Å²) in [6.07, 6.45) is 10.2. The average Bonchev–Trinajstić information content (AvgIpc) is 2.71. The second-order valence-corrected chi connectivity index (χ2v) is 7.13. The number of nitrogens with zero attached hydrogens (tertiary/aromatic N) is 1. The number of carbonyl (C=O) groups is 1. The number of nitriles is 1. The summed E-state index contributed by atoms with van der Waals surface area (Å²) in [6.45, 7) is 0. The van der Waals surface area contributed by atoms with Gasteiger partial charge in [-0.2, -0.15) is 5.26 Å². The van der Waals surface area contributed by atoms with E-state index >= 15 is 0 Å². The highest BCUT2D eigenvalue weighted by molar-refractivity contribution is 6.03. The van der Waals surface area contributed by atoms with Crippen LogP contribution in [0, 0.1) is 45.8 Å². The van der Waals surface area contributed by atoms with Gasteiger partial charge in [-0.1, -0.05) is 24.3 Å². The van der Waals surface area contributed by atoms with Gasteiger partial charge in [-0.25, -0.2) is 0 Å². The van der Waals surface area contributed by atoms with Gasteiger partial charge < -0.3 is 4.74 Å². The number of hydrogen-bond donors (Lipinski definition) is 0. The number of allylic oxidation sites excluding steroid dienone is 2. The molecule has 3 nitrogen and oxygen atoms in total. The smallest absolute Gasteiger partial charge is 0.169 e. The maximum atomic E-state index is 13.2. The summed E-state index contributed by atoms with van der Waals surface area (Å²) >= 11 is 0. The van der Waals surface area contributed by atoms with E-state index in [1.807, 2.05) is 12.2 Å². The van der Waals surface area contributed by atoms with Crippen LogP contribution in [0.2, 0.25) is 0 Å². The minimum Gasteiger partial charge on any atom is -0.364 e. The van der Waals surface area contributed by atoms with Crippen molar-refractivity contribution in [1.82, 2.24) is 0 Å². The standard InChI is InChI=1S/C16H13NO2/c17-7-14-9-4-3-8-10-11(9)15(13(14)18)5-1-2-6-16(10,15)19-12(8)14/h1-2,5-6,8-12H,3-4H2/t8-,9+,10-,11+,12+,14-,15-,16-/m0/s1. The average molecular weight is 251 g/mol. The van der Waals surface area contributed by atoms with E-state index in [0.29, 0.717) is 17.8 Å². The Bertz CT molecular complexity index is 669. The fourth-order valence-corrected chi connectivity index (χ4v) is 7.02. The van der Waals surface area contributed by atoms with Crippen LogP contribution in [0.1, 0.15) is 12.8 Å². The zero-order chi connectivity index (χ0) is 12.6. The molecule has 0 aromatic rings. The molecule has 6 fully saturated rings. The Kier molecular flexibility index (Phi) is 1.11. The van der Waals surface area contributed by atoms with Crippen molar-refractivity contribution in [2.45, 2.75) is 24.5 Å². The van der Waals surface area contributed by atoms with Crippen molar-refractivity contribution in [1.29, 1.82) is 5.26 Å². The zero-order valence-corrected chi connectivity index (χ0v) is 10.4. The van der Waals surface area contributed by atoms with E-state index in [1.165, 1.54) is 0 Å². The van der Waals surface area contributed by atoms with Crippen molar-refractivity contribution in [2.24, 2.45) is 34.5 Å². The van der Waals surface area contributed by atoms with Gasteiger partial charge in [0, 0.05) is 5.92 Å². The summed E-state index contributed by atoms with van der Waals surface area (Å²) in [4.78, 5) is 13.2. The molecule has 7 aliphatic rings. The minimum absolute atomic E-state index is 0.128. The molecule has 1 saturated heterocycles. The van der Waals surface area contributed by atoms with Gasteiger partial charge in [0.05, 0.1) is 17.6 Å². The maximum Gasteiger partial charge on any atom is 0.169 e. The van der Waals surface area contributed by atoms with E-state index in [-0.39, 0.29) is 23.4 Å². The van der Waals surface area contributed by atoms with E-state index < -0.39 is 10.8 Å². The lowest BCUT2D eigenvalue weighted by Crippen LogP contribution is -2.71. The van der Waals surface area contributed by atoms with Crippen LogP contribution in [-0.4, -0.2) is 17.5 Å². The third-order valence-corrected chi connectivity index (χ3v) is 7.26. The normalized spacial score (nSPS) is 68.2. The van der Waals surface area contributed by atoms with Crippen molar-refractivity contribution < 1.29 is 9.53 Å². The van der Waals surface area contributed by atoms with E-state index in [4.69, 9.17) is 4.74 Å². The number of carbonyl (C=O) groups excluding carboxylic acids is 1. The molecular formula is C16H13NO2. The molecule has 5 saturated carbocycles. The van der Waals surface area contributed by atoms with Crippen LogP contribution >= 0.6 is 0 Å². The third kappa shape index (κ3) is 0.531. The van der Waals surface area contributed by atoms with Crippen molar-refractivity contribution in [2.75, 3.05) is 0 Å². The molecule has 0 radical (unpaired) electrons. The first kappa shape index (κ1) is 9.50. The van der Waals surface area contributed by atoms with Gasteiger partial charge in [-0.3, -0.25) is 4.79 Å². The van der Waals surface area contributed by atoms with E-state index in [0.717, 1.165) is 12.8 Å². The molecule has 8 atom stereocenters. The van der Waals surface area contributed by atoms with Gasteiger partial charge in [0.25, 0.3) is 0 Å². The predicted octanol–water partition coefficient (Wildman–Crippen LogP) is 1.61. The molecule has 94 valence electrons. The third-order valence-electron chi connectivity index (χ3n) is 7.26. The maximum absolute atomic E-state index is 13.2. The lowest BCUT2D eigenvalue weighted by Gasteiger charge is -2.64. The molecule has 1 heterocycles. The van der Waals surface area contributed by atoms with Crippen LogP contribution in [-0.2, 0) is 9.53 Å². The number of Topliss-reactive ketones (excluding diaryl/α,β-unsaturated/α-hetero) is 1. The summed E-state index contributed by atoms with van der Waals surface area (Å²) < 4.78 is 6.41. The Hall–Kier alpha value is -1.40. The monoisotopic (exact) mass is 251 g/mol. The van der Waals surface area contributed by atoms with Crippen LogP contribution in [0.5, 0.6) is 0 Å². The summed E-state index contributed by atoms with van der Waals surface area (Å²) in [5, 5.41) is 9.78. The number of ether oxygens (including phenoxy) is 1. The Morgan fingerprint density at radius 1 is 1.26 bits per heavy atom. The van der Waals surface area contributed by atoms with Crippen LogP contribution < -0.4 is 0 Å². The Balaban J connectivity index is 1.77. The lowest BCUT2D eigenvalue weighted by atomic mass is 9.38. The quantitative estimate of drug-likeness (QED) is 0.657. The van der Waals surface area contributed by atoms with Crippen molar-refractivity contribution >= 4 is 5.78 Å². The van der Waals surface area contributed by atoms with Crippen LogP contribution in [0.25, 0.3) is 0 Å². The topological polar surface area (TPSA) is 50.1 Å². The summed E-state index contributed by atoms with van der Waals surface area (Å²) in [5.41, 5.74) is -1.69. The van der Waals surface area contributed by atoms with Crippen LogP contribution in [0.3, 0.4) is 0 Å². The van der Waals surface area contributed by atoms with Crippen molar-refractivity contribution in [3.63, 3.8) is 0 Å². The zero-order valence-electron chi connectivity index (χ0n) is 10.4. The van der Waals surface area contributed by atoms with E-state index in [1.54, 1.807) is 0 Å². The molecule has 0 amide bonds. The first-order valence-electron chi connectivity index (χ1n) is 7.25. The minimum atomic E-state index is -0.820. The first-order valence-corrected chi connectivity index (χ1v) is 7.25. The summed E-state index contributed by atoms with van der Waals surface area (Å²) in [5.74, 6) is 1.73. The van der Waals surface area contributed by atoms with Gasteiger partial charge >= 0.3 is 0 Å². The van der Waals surface area contributed by atoms with Crippen molar-refractivity contribution in [3.8, 4) is 6.07 Å². The fourth-order valence-electron chi connectivity index (χ4n) is 7.02. The Morgan fingerprint density at radius 2 is 2.11 bits per heavy atom. The van der Waals surface area contributed by atoms with Gasteiger partial charge in [-0.05, 0) is 30.6 Å². The van der Waals surface area contributed by atoms with Gasteiger partial charge in [0.2, 0.25) is 0 Å². The Labute approximate surface area is 110 Å². The molecule has 0 N–H and O–H groups in total. The van der Waals surface area contributed by atoms with Gasteiger partial charge in [0.15, 0.2) is 5.78 Å². The largest absolute Gasteiger partial charge is 0.364 e. The SMILES string of the molecule is N#C[C@@]12C(=O)[C@@]34C=CC=C[C@@]35O[C@@H]1[C@H]1CC[C@@H]2[C@@H]4[C@H]15. The molecular weight excluding hydrogens is 238 g/mol. The molecule has 19 heavy (non-hydrogen) atoms. The van der Waals surface area contributed by atoms with E-state index in [9.17, 15) is 10.1 Å². The molecule has 3 heteroatoms. The molecule has 0 aromatic heterocycles. The first-order chi connectivity index (χ1) is 9.24. The number of ketones is 1. The highest BCUT2D eigenvalue weighted by atomic mass is 16.5. The van der Waals surface area contributed by atoms with Crippen molar-refractivity contribution in [3.05, 3.63) is 24.3 Å². The molecule has 0 unspecified atom stereocenters. The molecule has 6 aliphatic carbocycles. The number of rotatable bonds is 0. The van der Waals surface area contributed by atoms with E-state index in [2.05, 4.69) is 18.2 Å². The van der Waals surface area contributed by atoms with Crippen LogP contribution in [0.15, 0.2) is 24.3 Å². The molecule has 7 rings (SSSR count). The predicted molar refractivity (Wildman–Crippen MR) is 64.6 cm³/mol. The second-order valence-electron chi connectivity index (χ2n) is 7.13. The van der Waals surface area contributed by atoms with Gasteiger partial charge in [-0.15, -0.1) is 0 Å². The second kappa shape index (κ2) is 2.23. The lowest BCUT2D eigenvalue weighted by molar-refractivity contribution is -0.206. The molecule has 1 aliphatic heterocycles. The summed E-state index contributed by atoms with van der Waals surface area (Å²) in [6, 6.07) is 2.43. The molecule has 0 aromatic carbocycles. The highest BCUT2D eigenvalue weighted by Crippen LogP contribution is 2.87. The van der Waals surface area contributed by atoms with Gasteiger partial charge in [0.1, 0.15) is 11.0 Å². The fraction of sp³-hybridized carbons (Fsp3) is 0.625.